The van der Waals surface area contributed by atoms with Crippen molar-refractivity contribution in [3.05, 3.63) is 23.2 Å². The summed E-state index contributed by atoms with van der Waals surface area (Å²) in [6, 6.07) is 1.64. The summed E-state index contributed by atoms with van der Waals surface area (Å²) in [5.74, 6) is 0.962. The summed E-state index contributed by atoms with van der Waals surface area (Å²) in [7, 11) is 0. The van der Waals surface area contributed by atoms with Crippen molar-refractivity contribution in [2.24, 2.45) is 0 Å². The number of amides is 1. The van der Waals surface area contributed by atoms with Gasteiger partial charge in [0.15, 0.2) is 0 Å². The van der Waals surface area contributed by atoms with Crippen molar-refractivity contribution < 1.29 is 13.6 Å². The monoisotopic (exact) mass is 185 g/mol. The van der Waals surface area contributed by atoms with Gasteiger partial charge in [0.2, 0.25) is 0 Å². The largest absolute Gasteiger partial charge is 0.466 e. The fourth-order valence-corrected chi connectivity index (χ4v) is 1.11. The normalized spacial score (nSPS) is 10.1. The van der Waals surface area contributed by atoms with Crippen LogP contribution in [0.2, 0.25) is 0 Å². The van der Waals surface area contributed by atoms with Crippen molar-refractivity contribution >= 4 is 5.91 Å². The number of halogens is 1. The van der Waals surface area contributed by atoms with Crippen molar-refractivity contribution in [3.63, 3.8) is 0 Å². The highest BCUT2D eigenvalue weighted by Crippen LogP contribution is 2.12. The van der Waals surface area contributed by atoms with E-state index in [9.17, 15) is 9.18 Å². The zero-order valence-electron chi connectivity index (χ0n) is 7.69. The van der Waals surface area contributed by atoms with E-state index >= 15 is 0 Å². The molecule has 3 nitrogen and oxygen atoms in total. The van der Waals surface area contributed by atoms with Gasteiger partial charge in [-0.15, -0.1) is 0 Å². The maximum absolute atomic E-state index is 11.7. The van der Waals surface area contributed by atoms with Gasteiger partial charge in [0.25, 0.3) is 5.91 Å². The predicted octanol–water partition coefficient (Wildman–Crippen LogP) is 1.60. The molecule has 0 atom stereocenters. The van der Waals surface area contributed by atoms with Crippen LogP contribution in [0.25, 0.3) is 0 Å². The molecular weight excluding hydrogens is 173 g/mol. The smallest absolute Gasteiger partial charge is 0.254 e. The summed E-state index contributed by atoms with van der Waals surface area (Å²) in [5.41, 5.74) is 0.478. The molecule has 0 aliphatic rings. The number of aryl methyl sites for hydroxylation is 2. The molecular formula is C9H12FNO2. The van der Waals surface area contributed by atoms with E-state index in [1.807, 2.05) is 0 Å². The summed E-state index contributed by atoms with van der Waals surface area (Å²) in [4.78, 5) is 11.3. The summed E-state index contributed by atoms with van der Waals surface area (Å²) in [6.45, 7) is 2.96. The summed E-state index contributed by atoms with van der Waals surface area (Å²) in [6.07, 6.45) is 0. The molecule has 1 aromatic rings. The molecule has 0 spiro atoms. The lowest BCUT2D eigenvalue weighted by Crippen LogP contribution is -2.25. The number of carbonyl (C=O) groups excluding carboxylic acids is 1. The van der Waals surface area contributed by atoms with Crippen LogP contribution in [0.5, 0.6) is 0 Å². The molecule has 0 fully saturated rings. The predicted molar refractivity (Wildman–Crippen MR) is 46.5 cm³/mol. The van der Waals surface area contributed by atoms with Crippen LogP contribution in [0.1, 0.15) is 21.9 Å². The van der Waals surface area contributed by atoms with Crippen LogP contribution in [0.3, 0.4) is 0 Å². The van der Waals surface area contributed by atoms with Crippen LogP contribution >= 0.6 is 0 Å². The Bertz CT molecular complexity index is 307. The van der Waals surface area contributed by atoms with E-state index < -0.39 is 6.67 Å². The Hall–Kier alpha value is -1.32. The molecule has 0 unspecified atom stereocenters. The average Bonchev–Trinajstić information content (AvgIpc) is 2.41. The minimum Gasteiger partial charge on any atom is -0.466 e. The van der Waals surface area contributed by atoms with Crippen molar-refractivity contribution in [1.29, 1.82) is 0 Å². The van der Waals surface area contributed by atoms with Gasteiger partial charge in [0, 0.05) is 6.54 Å². The topological polar surface area (TPSA) is 42.2 Å². The first-order valence-corrected chi connectivity index (χ1v) is 4.06. The van der Waals surface area contributed by atoms with E-state index in [1.165, 1.54) is 0 Å². The van der Waals surface area contributed by atoms with Gasteiger partial charge in [0.1, 0.15) is 18.2 Å². The van der Waals surface area contributed by atoms with Crippen LogP contribution < -0.4 is 5.32 Å². The van der Waals surface area contributed by atoms with E-state index in [-0.39, 0.29) is 12.5 Å². The molecule has 13 heavy (non-hydrogen) atoms. The molecule has 1 N–H and O–H groups in total. The first-order chi connectivity index (χ1) is 6.15. The number of furan rings is 1. The highest BCUT2D eigenvalue weighted by atomic mass is 19.1. The zero-order chi connectivity index (χ0) is 9.84. The summed E-state index contributed by atoms with van der Waals surface area (Å²) in [5, 5.41) is 2.43. The molecule has 1 aromatic heterocycles. The molecule has 0 saturated carbocycles. The minimum absolute atomic E-state index is 0.0441. The zero-order valence-corrected chi connectivity index (χ0v) is 7.69. The third kappa shape index (κ3) is 2.31. The molecule has 0 saturated heterocycles. The van der Waals surface area contributed by atoms with E-state index in [0.717, 1.165) is 0 Å². The lowest BCUT2D eigenvalue weighted by atomic mass is 10.2. The molecule has 1 heterocycles. The Kier molecular flexibility index (Phi) is 3.06. The summed E-state index contributed by atoms with van der Waals surface area (Å²) >= 11 is 0. The Morgan fingerprint density at radius 2 is 2.31 bits per heavy atom. The van der Waals surface area contributed by atoms with Gasteiger partial charge >= 0.3 is 0 Å². The average molecular weight is 185 g/mol. The van der Waals surface area contributed by atoms with Crippen LogP contribution in [-0.2, 0) is 0 Å². The second-order valence-electron chi connectivity index (χ2n) is 2.77. The van der Waals surface area contributed by atoms with Gasteiger partial charge < -0.3 is 9.73 Å². The Morgan fingerprint density at radius 1 is 1.62 bits per heavy atom. The lowest BCUT2D eigenvalue weighted by Gasteiger charge is -1.99. The SMILES string of the molecule is Cc1cc(C(=O)NCCF)c(C)o1. The number of carbonyl (C=O) groups is 1. The van der Waals surface area contributed by atoms with Gasteiger partial charge in [-0.2, -0.15) is 0 Å². The van der Waals surface area contributed by atoms with Crippen LogP contribution in [0, 0.1) is 13.8 Å². The third-order valence-electron chi connectivity index (χ3n) is 1.67. The highest BCUT2D eigenvalue weighted by molar-refractivity contribution is 5.95. The van der Waals surface area contributed by atoms with E-state index in [0.29, 0.717) is 17.1 Å². The van der Waals surface area contributed by atoms with Gasteiger partial charge in [-0.1, -0.05) is 0 Å². The second-order valence-corrected chi connectivity index (χ2v) is 2.77. The van der Waals surface area contributed by atoms with Crippen molar-refractivity contribution in [3.8, 4) is 0 Å². The molecule has 0 aliphatic heterocycles. The minimum atomic E-state index is -0.554. The van der Waals surface area contributed by atoms with Crippen molar-refractivity contribution in [1.82, 2.24) is 5.32 Å². The van der Waals surface area contributed by atoms with E-state index in [2.05, 4.69) is 5.32 Å². The Labute approximate surface area is 75.9 Å². The van der Waals surface area contributed by atoms with E-state index in [1.54, 1.807) is 19.9 Å². The lowest BCUT2D eigenvalue weighted by molar-refractivity contribution is 0.0949. The Balaban J connectivity index is 2.70. The number of hydrogen-bond donors (Lipinski definition) is 1. The Morgan fingerprint density at radius 3 is 2.77 bits per heavy atom. The fourth-order valence-electron chi connectivity index (χ4n) is 1.11. The van der Waals surface area contributed by atoms with Crippen LogP contribution in [0.4, 0.5) is 4.39 Å². The highest BCUT2D eigenvalue weighted by Gasteiger charge is 2.12. The third-order valence-corrected chi connectivity index (χ3v) is 1.67. The van der Waals surface area contributed by atoms with Gasteiger partial charge in [-0.3, -0.25) is 4.79 Å². The van der Waals surface area contributed by atoms with Gasteiger partial charge in [0.05, 0.1) is 5.56 Å². The first-order valence-electron chi connectivity index (χ1n) is 4.06. The molecule has 0 radical (unpaired) electrons. The maximum atomic E-state index is 11.7. The quantitative estimate of drug-likeness (QED) is 0.777. The molecule has 72 valence electrons. The molecule has 0 aliphatic carbocycles. The first kappa shape index (κ1) is 9.77. The molecule has 1 amide bonds. The molecule has 0 bridgehead atoms. The van der Waals surface area contributed by atoms with Crippen LogP contribution in [-0.4, -0.2) is 19.1 Å². The molecule has 4 heteroatoms. The summed E-state index contributed by atoms with van der Waals surface area (Å²) < 4.78 is 16.9. The fraction of sp³-hybridized carbons (Fsp3) is 0.444. The number of alkyl halides is 1. The maximum Gasteiger partial charge on any atom is 0.254 e. The number of rotatable bonds is 3. The molecule has 0 aromatic carbocycles. The standard InChI is InChI=1S/C9H12FNO2/c1-6-5-8(7(2)13-6)9(12)11-4-3-10/h5H,3-4H2,1-2H3,(H,11,12). The van der Waals surface area contributed by atoms with E-state index in [4.69, 9.17) is 4.42 Å². The van der Waals surface area contributed by atoms with Gasteiger partial charge in [-0.25, -0.2) is 4.39 Å². The number of nitrogens with one attached hydrogen (secondary N) is 1. The van der Waals surface area contributed by atoms with Crippen molar-refractivity contribution in [2.75, 3.05) is 13.2 Å². The van der Waals surface area contributed by atoms with Gasteiger partial charge in [-0.05, 0) is 19.9 Å². The van der Waals surface area contributed by atoms with Crippen LogP contribution in [0.15, 0.2) is 10.5 Å². The second kappa shape index (κ2) is 4.07. The van der Waals surface area contributed by atoms with Crippen molar-refractivity contribution in [2.45, 2.75) is 13.8 Å². The molecule has 1 rings (SSSR count). The number of hydrogen-bond acceptors (Lipinski definition) is 2.